The largest absolute Gasteiger partial charge is 0.312 e. The van der Waals surface area contributed by atoms with Crippen LogP contribution in [0.5, 0.6) is 0 Å². The van der Waals surface area contributed by atoms with Crippen LogP contribution in [0.25, 0.3) is 0 Å². The van der Waals surface area contributed by atoms with Gasteiger partial charge in [-0.25, -0.2) is 8.78 Å². The lowest BCUT2D eigenvalue weighted by Crippen LogP contribution is -2.56. The fraction of sp³-hybridized carbons (Fsp3) is 0.600. The lowest BCUT2D eigenvalue weighted by molar-refractivity contribution is -0.0879. The van der Waals surface area contributed by atoms with E-state index in [0.717, 1.165) is 13.0 Å². The van der Waals surface area contributed by atoms with Crippen LogP contribution in [0.3, 0.4) is 0 Å². The summed E-state index contributed by atoms with van der Waals surface area (Å²) in [5, 5.41) is 2.72. The number of rotatable bonds is 4. The molecule has 1 saturated heterocycles. The van der Waals surface area contributed by atoms with Crippen molar-refractivity contribution in [2.24, 2.45) is 0 Å². The molecule has 0 radical (unpaired) electrons. The number of hydrogen-bond acceptors (Lipinski definition) is 2. The Morgan fingerprint density at radius 2 is 2.00 bits per heavy atom. The van der Waals surface area contributed by atoms with E-state index in [1.807, 2.05) is 11.8 Å². The molecule has 0 saturated carbocycles. The smallest absolute Gasteiger partial charge is 0.275 e. The van der Waals surface area contributed by atoms with Gasteiger partial charge >= 0.3 is 0 Å². The van der Waals surface area contributed by atoms with Gasteiger partial charge in [-0.05, 0) is 32.4 Å². The molecule has 0 bridgehead atoms. The van der Waals surface area contributed by atoms with Crippen molar-refractivity contribution in [1.82, 2.24) is 10.2 Å². The van der Waals surface area contributed by atoms with E-state index in [1.165, 1.54) is 11.1 Å². The van der Waals surface area contributed by atoms with E-state index in [1.54, 1.807) is 7.05 Å². The van der Waals surface area contributed by atoms with E-state index in [-0.39, 0.29) is 6.54 Å². The molecule has 1 aromatic rings. The van der Waals surface area contributed by atoms with Crippen LogP contribution in [0.4, 0.5) is 8.78 Å². The SMILES string of the molecule is CNC1CCN(CCc2ccc(C)cc2)CC1(F)F. The molecule has 0 aromatic heterocycles. The number of benzene rings is 1. The Kier molecular flexibility index (Phi) is 4.53. The zero-order chi connectivity index (χ0) is 13.9. The number of aryl methyl sites for hydroxylation is 1. The molecule has 1 heterocycles. The average molecular weight is 268 g/mol. The molecular weight excluding hydrogens is 246 g/mol. The minimum Gasteiger partial charge on any atom is -0.312 e. The van der Waals surface area contributed by atoms with Crippen LogP contribution < -0.4 is 5.32 Å². The molecule has 2 nitrogen and oxygen atoms in total. The first-order valence-corrected chi connectivity index (χ1v) is 6.84. The Morgan fingerprint density at radius 1 is 1.32 bits per heavy atom. The van der Waals surface area contributed by atoms with Gasteiger partial charge < -0.3 is 5.32 Å². The Hall–Kier alpha value is -1.00. The zero-order valence-corrected chi connectivity index (χ0v) is 11.6. The lowest BCUT2D eigenvalue weighted by Gasteiger charge is -2.38. The summed E-state index contributed by atoms with van der Waals surface area (Å²) in [6.07, 6.45) is 1.35. The molecule has 0 aliphatic carbocycles. The fourth-order valence-corrected chi connectivity index (χ4v) is 2.60. The van der Waals surface area contributed by atoms with Gasteiger partial charge in [0.1, 0.15) is 0 Å². The molecule has 1 unspecified atom stereocenters. The number of halogens is 2. The van der Waals surface area contributed by atoms with Crippen molar-refractivity contribution in [2.45, 2.75) is 31.7 Å². The molecule has 0 spiro atoms. The van der Waals surface area contributed by atoms with E-state index < -0.39 is 12.0 Å². The van der Waals surface area contributed by atoms with Gasteiger partial charge in [0.15, 0.2) is 0 Å². The summed E-state index contributed by atoms with van der Waals surface area (Å²) in [6.45, 7) is 3.36. The topological polar surface area (TPSA) is 15.3 Å². The van der Waals surface area contributed by atoms with Crippen LogP contribution >= 0.6 is 0 Å². The highest BCUT2D eigenvalue weighted by molar-refractivity contribution is 5.21. The quantitative estimate of drug-likeness (QED) is 0.902. The van der Waals surface area contributed by atoms with Crippen molar-refractivity contribution in [1.29, 1.82) is 0 Å². The third kappa shape index (κ3) is 3.74. The minimum absolute atomic E-state index is 0.135. The molecule has 1 aromatic carbocycles. The number of nitrogens with zero attached hydrogens (tertiary/aromatic N) is 1. The summed E-state index contributed by atoms with van der Waals surface area (Å²) in [6, 6.07) is 7.61. The average Bonchev–Trinajstić information content (AvgIpc) is 2.37. The van der Waals surface area contributed by atoms with E-state index in [4.69, 9.17) is 0 Å². The zero-order valence-electron chi connectivity index (χ0n) is 11.6. The van der Waals surface area contributed by atoms with Gasteiger partial charge in [0.2, 0.25) is 0 Å². The van der Waals surface area contributed by atoms with Gasteiger partial charge in [-0.15, -0.1) is 0 Å². The molecule has 1 aliphatic rings. The van der Waals surface area contributed by atoms with Crippen LogP contribution in [0.15, 0.2) is 24.3 Å². The van der Waals surface area contributed by atoms with Crippen molar-refractivity contribution in [3.63, 3.8) is 0 Å². The summed E-state index contributed by atoms with van der Waals surface area (Å²) in [7, 11) is 1.61. The van der Waals surface area contributed by atoms with Crippen LogP contribution in [-0.2, 0) is 6.42 Å². The van der Waals surface area contributed by atoms with Gasteiger partial charge in [-0.3, -0.25) is 4.90 Å². The molecule has 4 heteroatoms. The Bertz CT molecular complexity index is 403. The predicted molar refractivity (Wildman–Crippen MR) is 73.7 cm³/mol. The summed E-state index contributed by atoms with van der Waals surface area (Å²) in [4.78, 5) is 1.87. The number of nitrogens with one attached hydrogen (secondary N) is 1. The lowest BCUT2D eigenvalue weighted by atomic mass is 10.0. The van der Waals surface area contributed by atoms with E-state index >= 15 is 0 Å². The number of hydrogen-bond donors (Lipinski definition) is 1. The highest BCUT2D eigenvalue weighted by Gasteiger charge is 2.43. The van der Waals surface area contributed by atoms with Crippen LogP contribution in [0.2, 0.25) is 0 Å². The molecular formula is C15H22F2N2. The maximum atomic E-state index is 13.8. The number of likely N-dealkylation sites (tertiary alicyclic amines) is 1. The second-order valence-electron chi connectivity index (χ2n) is 5.40. The molecule has 106 valence electrons. The fourth-order valence-electron chi connectivity index (χ4n) is 2.60. The van der Waals surface area contributed by atoms with Crippen molar-refractivity contribution in [3.05, 3.63) is 35.4 Å². The molecule has 1 fully saturated rings. The van der Waals surface area contributed by atoms with E-state index in [2.05, 4.69) is 29.6 Å². The Labute approximate surface area is 113 Å². The van der Waals surface area contributed by atoms with Crippen LogP contribution in [-0.4, -0.2) is 43.5 Å². The van der Waals surface area contributed by atoms with Gasteiger partial charge in [0.05, 0.1) is 12.6 Å². The summed E-state index contributed by atoms with van der Waals surface area (Å²) >= 11 is 0. The second kappa shape index (κ2) is 5.97. The molecule has 1 aliphatic heterocycles. The third-order valence-electron chi connectivity index (χ3n) is 3.86. The monoisotopic (exact) mass is 268 g/mol. The normalized spacial score (nSPS) is 23.5. The van der Waals surface area contributed by atoms with Gasteiger partial charge in [0, 0.05) is 13.1 Å². The Balaban J connectivity index is 1.86. The van der Waals surface area contributed by atoms with Gasteiger partial charge in [0.25, 0.3) is 5.92 Å². The Morgan fingerprint density at radius 3 is 2.58 bits per heavy atom. The predicted octanol–water partition coefficient (Wildman–Crippen LogP) is 2.47. The molecule has 0 amide bonds. The first-order chi connectivity index (χ1) is 9.01. The van der Waals surface area contributed by atoms with Crippen molar-refractivity contribution < 1.29 is 8.78 Å². The van der Waals surface area contributed by atoms with Gasteiger partial charge in [-0.1, -0.05) is 29.8 Å². The maximum Gasteiger partial charge on any atom is 0.275 e. The van der Waals surface area contributed by atoms with Crippen molar-refractivity contribution in [3.8, 4) is 0 Å². The summed E-state index contributed by atoms with van der Waals surface area (Å²) in [5.74, 6) is -2.62. The number of piperidine rings is 1. The molecule has 1 N–H and O–H groups in total. The molecule has 2 rings (SSSR count). The first-order valence-electron chi connectivity index (χ1n) is 6.84. The van der Waals surface area contributed by atoms with E-state index in [9.17, 15) is 8.78 Å². The van der Waals surface area contributed by atoms with Crippen molar-refractivity contribution >= 4 is 0 Å². The van der Waals surface area contributed by atoms with Crippen LogP contribution in [0.1, 0.15) is 17.5 Å². The third-order valence-corrected chi connectivity index (χ3v) is 3.86. The second-order valence-corrected chi connectivity index (χ2v) is 5.40. The first kappa shape index (κ1) is 14.4. The molecule has 1 atom stereocenters. The molecule has 19 heavy (non-hydrogen) atoms. The van der Waals surface area contributed by atoms with Crippen molar-refractivity contribution in [2.75, 3.05) is 26.7 Å². The highest BCUT2D eigenvalue weighted by Crippen LogP contribution is 2.27. The number of alkyl halides is 2. The maximum absolute atomic E-state index is 13.8. The van der Waals surface area contributed by atoms with Crippen LogP contribution in [0, 0.1) is 6.92 Å². The van der Waals surface area contributed by atoms with E-state index in [0.29, 0.717) is 13.0 Å². The van der Waals surface area contributed by atoms with Gasteiger partial charge in [-0.2, -0.15) is 0 Å². The highest BCUT2D eigenvalue weighted by atomic mass is 19.3. The summed E-state index contributed by atoms with van der Waals surface area (Å²) < 4.78 is 27.6. The summed E-state index contributed by atoms with van der Waals surface area (Å²) in [5.41, 5.74) is 2.44. The minimum atomic E-state index is -2.62. The standard InChI is InChI=1S/C15H22F2N2/c1-12-3-5-13(6-4-12)7-9-19-10-8-14(18-2)15(16,17)11-19/h3-6,14,18H,7-11H2,1-2H3.